The summed E-state index contributed by atoms with van der Waals surface area (Å²) in [7, 11) is 3.54. The van der Waals surface area contributed by atoms with Crippen molar-refractivity contribution in [3.05, 3.63) is 60.7 Å². The average Bonchev–Trinajstić information content (AvgIpc) is 3.28. The van der Waals surface area contributed by atoms with Gasteiger partial charge in [-0.25, -0.2) is 4.52 Å². The van der Waals surface area contributed by atoms with E-state index in [2.05, 4.69) is 22.3 Å². The molecular weight excluding hydrogens is 346 g/mol. The molecule has 7 heteroatoms. The van der Waals surface area contributed by atoms with E-state index in [0.29, 0.717) is 5.56 Å². The lowest BCUT2D eigenvalue weighted by Crippen LogP contribution is -1.93. The van der Waals surface area contributed by atoms with Gasteiger partial charge in [0, 0.05) is 35.5 Å². The standard InChI is InChI=1S/C19H15N5OS/c1-23-11-15(10-21-23)13-7-18(19-14(8-20)9-22-24(19)12-13)26-17-6-4-3-5-16(17)25-2/h3-7,9-12H,1-2H3. The summed E-state index contributed by atoms with van der Waals surface area (Å²) < 4.78 is 8.97. The Bertz CT molecular complexity index is 1140. The van der Waals surface area contributed by atoms with Gasteiger partial charge in [0.15, 0.2) is 0 Å². The van der Waals surface area contributed by atoms with Crippen LogP contribution in [0, 0.1) is 11.3 Å². The minimum atomic E-state index is 0.542. The number of aryl methyl sites for hydroxylation is 1. The van der Waals surface area contributed by atoms with Crippen molar-refractivity contribution in [1.82, 2.24) is 19.4 Å². The maximum Gasteiger partial charge on any atom is 0.132 e. The first-order valence-electron chi connectivity index (χ1n) is 7.91. The van der Waals surface area contributed by atoms with Crippen LogP contribution in [0.25, 0.3) is 16.6 Å². The molecule has 1 aromatic carbocycles. The molecule has 26 heavy (non-hydrogen) atoms. The molecule has 3 aromatic heterocycles. The minimum Gasteiger partial charge on any atom is -0.496 e. The Kier molecular flexibility index (Phi) is 4.11. The Balaban J connectivity index is 1.90. The third-order valence-electron chi connectivity index (χ3n) is 4.02. The zero-order chi connectivity index (χ0) is 18.1. The van der Waals surface area contributed by atoms with E-state index in [1.807, 2.05) is 49.9 Å². The zero-order valence-electron chi connectivity index (χ0n) is 14.2. The van der Waals surface area contributed by atoms with Crippen LogP contribution in [-0.2, 0) is 7.05 Å². The van der Waals surface area contributed by atoms with Crippen molar-refractivity contribution in [2.45, 2.75) is 9.79 Å². The Labute approximate surface area is 154 Å². The topological polar surface area (TPSA) is 68.1 Å². The third kappa shape index (κ3) is 2.80. The highest BCUT2D eigenvalue weighted by Crippen LogP contribution is 2.39. The number of para-hydroxylation sites is 1. The number of pyridine rings is 1. The molecule has 0 amide bonds. The molecule has 0 aliphatic heterocycles. The number of ether oxygens (including phenoxy) is 1. The molecule has 0 radical (unpaired) electrons. The van der Waals surface area contributed by atoms with Crippen LogP contribution in [0.1, 0.15) is 5.56 Å². The van der Waals surface area contributed by atoms with E-state index >= 15 is 0 Å². The number of nitriles is 1. The van der Waals surface area contributed by atoms with Crippen molar-refractivity contribution in [3.63, 3.8) is 0 Å². The van der Waals surface area contributed by atoms with Crippen LogP contribution in [0.4, 0.5) is 0 Å². The van der Waals surface area contributed by atoms with Gasteiger partial charge in [0.05, 0.1) is 35.5 Å². The number of methoxy groups -OCH3 is 1. The summed E-state index contributed by atoms with van der Waals surface area (Å²) in [5.74, 6) is 0.792. The molecule has 0 atom stereocenters. The highest BCUT2D eigenvalue weighted by Gasteiger charge is 2.15. The lowest BCUT2D eigenvalue weighted by molar-refractivity contribution is 0.405. The number of nitrogens with zero attached hydrogens (tertiary/aromatic N) is 5. The number of rotatable bonds is 4. The second-order valence-corrected chi connectivity index (χ2v) is 6.80. The summed E-state index contributed by atoms with van der Waals surface area (Å²) in [6.07, 6.45) is 7.27. The van der Waals surface area contributed by atoms with Gasteiger partial charge >= 0.3 is 0 Å². The predicted molar refractivity (Wildman–Crippen MR) is 99.2 cm³/mol. The van der Waals surface area contributed by atoms with Crippen LogP contribution in [0.15, 0.2) is 64.9 Å². The molecule has 0 N–H and O–H groups in total. The van der Waals surface area contributed by atoms with Crippen LogP contribution in [0.5, 0.6) is 5.75 Å². The Morgan fingerprint density at radius 2 is 1.92 bits per heavy atom. The normalized spacial score (nSPS) is 10.8. The van der Waals surface area contributed by atoms with Gasteiger partial charge in [0.1, 0.15) is 11.8 Å². The van der Waals surface area contributed by atoms with Gasteiger partial charge in [-0.3, -0.25) is 4.68 Å². The van der Waals surface area contributed by atoms with E-state index in [0.717, 1.165) is 32.2 Å². The molecule has 4 aromatic rings. The van der Waals surface area contributed by atoms with Crippen LogP contribution >= 0.6 is 11.8 Å². The van der Waals surface area contributed by atoms with Crippen LogP contribution in [0.2, 0.25) is 0 Å². The molecule has 0 fully saturated rings. The van der Waals surface area contributed by atoms with E-state index < -0.39 is 0 Å². The largest absolute Gasteiger partial charge is 0.496 e. The van der Waals surface area contributed by atoms with Crippen LogP contribution < -0.4 is 4.74 Å². The predicted octanol–water partition coefficient (Wildman–Crippen LogP) is 3.77. The molecule has 0 bridgehead atoms. The highest BCUT2D eigenvalue weighted by molar-refractivity contribution is 7.99. The lowest BCUT2D eigenvalue weighted by Gasteiger charge is -2.10. The van der Waals surface area contributed by atoms with E-state index in [1.54, 1.807) is 34.3 Å². The van der Waals surface area contributed by atoms with Gasteiger partial charge in [0.25, 0.3) is 0 Å². The fourth-order valence-electron chi connectivity index (χ4n) is 2.79. The van der Waals surface area contributed by atoms with E-state index in [-0.39, 0.29) is 0 Å². The molecule has 128 valence electrons. The number of benzene rings is 1. The van der Waals surface area contributed by atoms with Crippen molar-refractivity contribution in [2.75, 3.05) is 7.11 Å². The Morgan fingerprint density at radius 1 is 1.08 bits per heavy atom. The van der Waals surface area contributed by atoms with Gasteiger partial charge in [-0.15, -0.1) is 0 Å². The Morgan fingerprint density at radius 3 is 2.65 bits per heavy atom. The highest BCUT2D eigenvalue weighted by atomic mass is 32.2. The smallest absolute Gasteiger partial charge is 0.132 e. The SMILES string of the molecule is COc1ccccc1Sc1cc(-c2cnn(C)c2)cn2ncc(C#N)c12. The lowest BCUT2D eigenvalue weighted by atomic mass is 10.1. The summed E-state index contributed by atoms with van der Waals surface area (Å²) in [6, 6.07) is 12.1. The number of hydrogen-bond donors (Lipinski definition) is 0. The monoisotopic (exact) mass is 361 g/mol. The summed E-state index contributed by atoms with van der Waals surface area (Å²) in [6.45, 7) is 0. The fourth-order valence-corrected chi connectivity index (χ4v) is 3.92. The third-order valence-corrected chi connectivity index (χ3v) is 5.11. The van der Waals surface area contributed by atoms with E-state index in [4.69, 9.17) is 4.74 Å². The number of hydrogen-bond acceptors (Lipinski definition) is 5. The molecular formula is C19H15N5OS. The average molecular weight is 361 g/mol. The van der Waals surface area contributed by atoms with E-state index in [1.165, 1.54) is 0 Å². The molecule has 6 nitrogen and oxygen atoms in total. The molecule has 0 saturated heterocycles. The molecule has 4 rings (SSSR count). The van der Waals surface area contributed by atoms with Crippen molar-refractivity contribution >= 4 is 17.3 Å². The van der Waals surface area contributed by atoms with Gasteiger partial charge < -0.3 is 4.74 Å². The van der Waals surface area contributed by atoms with Crippen LogP contribution in [-0.4, -0.2) is 26.5 Å². The summed E-state index contributed by atoms with van der Waals surface area (Å²) in [4.78, 5) is 1.91. The quantitative estimate of drug-likeness (QED) is 0.553. The first-order valence-corrected chi connectivity index (χ1v) is 8.72. The summed E-state index contributed by atoms with van der Waals surface area (Å²) in [5.41, 5.74) is 3.30. The second-order valence-electron chi connectivity index (χ2n) is 5.71. The molecule has 0 aliphatic carbocycles. The van der Waals surface area contributed by atoms with Crippen LogP contribution in [0.3, 0.4) is 0 Å². The first kappa shape index (κ1) is 16.2. The second kappa shape index (κ2) is 6.58. The van der Waals surface area contributed by atoms with Crippen molar-refractivity contribution in [1.29, 1.82) is 5.26 Å². The molecule has 0 unspecified atom stereocenters. The van der Waals surface area contributed by atoms with Crippen molar-refractivity contribution in [3.8, 4) is 22.9 Å². The van der Waals surface area contributed by atoms with Gasteiger partial charge in [-0.05, 0) is 18.2 Å². The molecule has 0 aliphatic rings. The van der Waals surface area contributed by atoms with Gasteiger partial charge in [-0.2, -0.15) is 15.5 Å². The maximum absolute atomic E-state index is 9.45. The van der Waals surface area contributed by atoms with Gasteiger partial charge in [-0.1, -0.05) is 23.9 Å². The Hall–Kier alpha value is -3.24. The zero-order valence-corrected chi connectivity index (χ0v) is 15.1. The molecule has 3 heterocycles. The number of fused-ring (bicyclic) bond motifs is 1. The van der Waals surface area contributed by atoms with Crippen molar-refractivity contribution in [2.24, 2.45) is 7.05 Å². The van der Waals surface area contributed by atoms with Gasteiger partial charge in [0.2, 0.25) is 0 Å². The first-order chi connectivity index (χ1) is 12.7. The summed E-state index contributed by atoms with van der Waals surface area (Å²) >= 11 is 1.55. The summed E-state index contributed by atoms with van der Waals surface area (Å²) in [5, 5.41) is 18.0. The fraction of sp³-hybridized carbons (Fsp3) is 0.105. The minimum absolute atomic E-state index is 0.542. The van der Waals surface area contributed by atoms with E-state index in [9.17, 15) is 5.26 Å². The maximum atomic E-state index is 9.45. The molecule has 0 spiro atoms. The van der Waals surface area contributed by atoms with Crippen molar-refractivity contribution < 1.29 is 4.74 Å². The molecule has 0 saturated carbocycles. The number of aromatic nitrogens is 4.